The zero-order chi connectivity index (χ0) is 18.5. The van der Waals surface area contributed by atoms with Crippen LogP contribution in [0, 0.1) is 5.92 Å². The predicted octanol–water partition coefficient (Wildman–Crippen LogP) is 1.69. The maximum absolute atomic E-state index is 12.3. The molecule has 0 spiro atoms. The molecular formula is C20H28N2O4. The molecular weight excluding hydrogens is 332 g/mol. The van der Waals surface area contributed by atoms with Crippen molar-refractivity contribution in [2.75, 3.05) is 6.61 Å². The van der Waals surface area contributed by atoms with Crippen molar-refractivity contribution in [1.82, 2.24) is 10.6 Å². The van der Waals surface area contributed by atoms with Gasteiger partial charge in [-0.2, -0.15) is 0 Å². The molecule has 1 aromatic rings. The highest BCUT2D eigenvalue weighted by atomic mass is 16.5. The van der Waals surface area contributed by atoms with E-state index in [1.165, 1.54) is 0 Å². The van der Waals surface area contributed by atoms with Crippen molar-refractivity contribution in [3.63, 3.8) is 0 Å². The van der Waals surface area contributed by atoms with E-state index in [-0.39, 0.29) is 48.9 Å². The van der Waals surface area contributed by atoms with E-state index in [9.17, 15) is 14.7 Å². The number of aliphatic hydroxyl groups excluding tert-OH is 1. The topological polar surface area (TPSA) is 87.7 Å². The molecule has 1 heterocycles. The van der Waals surface area contributed by atoms with Crippen LogP contribution in [0.5, 0.6) is 0 Å². The van der Waals surface area contributed by atoms with Gasteiger partial charge in [0.1, 0.15) is 6.10 Å². The fourth-order valence-corrected chi connectivity index (χ4v) is 3.43. The van der Waals surface area contributed by atoms with Crippen LogP contribution in [-0.4, -0.2) is 41.8 Å². The second-order valence-electron chi connectivity index (χ2n) is 7.35. The number of hydrogen-bond donors (Lipinski definition) is 3. The van der Waals surface area contributed by atoms with E-state index < -0.39 is 6.10 Å². The van der Waals surface area contributed by atoms with E-state index in [2.05, 4.69) is 10.6 Å². The van der Waals surface area contributed by atoms with Crippen LogP contribution >= 0.6 is 0 Å². The average Bonchev–Trinajstić information content (AvgIpc) is 3.48. The first-order chi connectivity index (χ1) is 12.6. The minimum atomic E-state index is -0.448. The first-order valence-electron chi connectivity index (χ1n) is 9.47. The molecule has 0 radical (unpaired) electrons. The summed E-state index contributed by atoms with van der Waals surface area (Å²) in [6.45, 7) is 1.79. The van der Waals surface area contributed by atoms with E-state index in [1.54, 1.807) is 0 Å². The van der Waals surface area contributed by atoms with Crippen LogP contribution in [-0.2, 0) is 14.3 Å². The second-order valence-corrected chi connectivity index (χ2v) is 7.35. The highest BCUT2D eigenvalue weighted by molar-refractivity contribution is 5.81. The quantitative estimate of drug-likeness (QED) is 0.690. The molecule has 1 aromatic carbocycles. The van der Waals surface area contributed by atoms with Gasteiger partial charge in [-0.25, -0.2) is 0 Å². The third-order valence-corrected chi connectivity index (χ3v) is 5.16. The molecule has 2 fully saturated rings. The third-order valence-electron chi connectivity index (χ3n) is 5.16. The van der Waals surface area contributed by atoms with Crippen molar-refractivity contribution in [3.8, 4) is 0 Å². The SMILES string of the molecule is C[C@H](NC(=O)C[C@H]1CC[C@H](NC(=O)C2CC2)[C@@H](CO)O1)c1ccccc1. The molecule has 1 aliphatic carbocycles. The second kappa shape index (κ2) is 8.64. The molecule has 0 unspecified atom stereocenters. The number of carbonyl (C=O) groups is 2. The van der Waals surface area contributed by atoms with Crippen molar-refractivity contribution in [2.24, 2.45) is 5.92 Å². The lowest BCUT2D eigenvalue weighted by molar-refractivity contribution is -0.136. The Morgan fingerprint density at radius 2 is 1.92 bits per heavy atom. The molecule has 0 bridgehead atoms. The minimum Gasteiger partial charge on any atom is -0.394 e. The molecule has 4 atom stereocenters. The van der Waals surface area contributed by atoms with E-state index in [1.807, 2.05) is 37.3 Å². The van der Waals surface area contributed by atoms with Gasteiger partial charge in [-0.15, -0.1) is 0 Å². The molecule has 142 valence electrons. The molecule has 1 aliphatic heterocycles. The minimum absolute atomic E-state index is 0.0601. The van der Waals surface area contributed by atoms with Crippen LogP contribution in [0.4, 0.5) is 0 Å². The van der Waals surface area contributed by atoms with Crippen LogP contribution in [0.15, 0.2) is 30.3 Å². The summed E-state index contributed by atoms with van der Waals surface area (Å²) in [6, 6.07) is 9.58. The van der Waals surface area contributed by atoms with Crippen LogP contribution in [0.2, 0.25) is 0 Å². The van der Waals surface area contributed by atoms with Crippen molar-refractivity contribution in [3.05, 3.63) is 35.9 Å². The smallest absolute Gasteiger partial charge is 0.223 e. The number of ether oxygens (including phenoxy) is 1. The van der Waals surface area contributed by atoms with Crippen LogP contribution in [0.25, 0.3) is 0 Å². The van der Waals surface area contributed by atoms with Crippen LogP contribution < -0.4 is 10.6 Å². The van der Waals surface area contributed by atoms with Gasteiger partial charge in [-0.1, -0.05) is 30.3 Å². The summed E-state index contributed by atoms with van der Waals surface area (Å²) in [7, 11) is 0. The number of carbonyl (C=O) groups excluding carboxylic acids is 2. The maximum Gasteiger partial charge on any atom is 0.223 e. The lowest BCUT2D eigenvalue weighted by Crippen LogP contribution is -2.51. The zero-order valence-corrected chi connectivity index (χ0v) is 15.2. The van der Waals surface area contributed by atoms with Crippen molar-refractivity contribution >= 4 is 11.8 Å². The van der Waals surface area contributed by atoms with E-state index >= 15 is 0 Å². The van der Waals surface area contributed by atoms with Crippen molar-refractivity contribution < 1.29 is 19.4 Å². The molecule has 26 heavy (non-hydrogen) atoms. The van der Waals surface area contributed by atoms with Gasteiger partial charge in [0.25, 0.3) is 0 Å². The van der Waals surface area contributed by atoms with Gasteiger partial charge in [-0.05, 0) is 38.2 Å². The lowest BCUT2D eigenvalue weighted by atomic mass is 9.96. The highest BCUT2D eigenvalue weighted by Gasteiger charge is 2.36. The lowest BCUT2D eigenvalue weighted by Gasteiger charge is -2.36. The van der Waals surface area contributed by atoms with Crippen LogP contribution in [0.1, 0.15) is 50.6 Å². The van der Waals surface area contributed by atoms with Gasteiger partial charge in [-0.3, -0.25) is 9.59 Å². The number of amides is 2. The molecule has 6 nitrogen and oxygen atoms in total. The van der Waals surface area contributed by atoms with Gasteiger partial charge >= 0.3 is 0 Å². The Bertz CT molecular complexity index is 617. The first kappa shape index (κ1) is 18.9. The summed E-state index contributed by atoms with van der Waals surface area (Å²) in [5.74, 6) is 0.130. The number of hydrogen-bond acceptors (Lipinski definition) is 4. The third kappa shape index (κ3) is 5.05. The summed E-state index contributed by atoms with van der Waals surface area (Å²) >= 11 is 0. The Labute approximate surface area is 154 Å². The van der Waals surface area contributed by atoms with Gasteiger partial charge in [0.2, 0.25) is 11.8 Å². The largest absolute Gasteiger partial charge is 0.394 e. The maximum atomic E-state index is 12.3. The Morgan fingerprint density at radius 1 is 1.19 bits per heavy atom. The molecule has 2 amide bonds. The molecule has 1 saturated carbocycles. The van der Waals surface area contributed by atoms with E-state index in [4.69, 9.17) is 4.74 Å². The summed E-state index contributed by atoms with van der Waals surface area (Å²) < 4.78 is 5.88. The molecule has 2 aliphatic rings. The Kier molecular flexibility index (Phi) is 6.27. The van der Waals surface area contributed by atoms with E-state index in [0.29, 0.717) is 6.42 Å². The molecule has 3 rings (SSSR count). The fraction of sp³-hybridized carbons (Fsp3) is 0.600. The highest BCUT2D eigenvalue weighted by Crippen LogP contribution is 2.30. The Hall–Kier alpha value is -1.92. The molecule has 3 N–H and O–H groups in total. The summed E-state index contributed by atoms with van der Waals surface area (Å²) in [4.78, 5) is 24.3. The Morgan fingerprint density at radius 3 is 2.58 bits per heavy atom. The summed E-state index contributed by atoms with van der Waals surface area (Å²) in [5, 5.41) is 15.6. The van der Waals surface area contributed by atoms with Gasteiger partial charge < -0.3 is 20.5 Å². The molecule has 1 saturated heterocycles. The molecule has 0 aromatic heterocycles. The van der Waals surface area contributed by atoms with Gasteiger partial charge in [0, 0.05) is 5.92 Å². The number of benzene rings is 1. The predicted molar refractivity (Wildman–Crippen MR) is 97.3 cm³/mol. The zero-order valence-electron chi connectivity index (χ0n) is 15.2. The van der Waals surface area contributed by atoms with E-state index in [0.717, 1.165) is 24.8 Å². The Balaban J connectivity index is 1.46. The van der Waals surface area contributed by atoms with Crippen molar-refractivity contribution in [2.45, 2.75) is 63.3 Å². The monoisotopic (exact) mass is 360 g/mol. The number of aliphatic hydroxyl groups is 1. The number of nitrogens with one attached hydrogen (secondary N) is 2. The standard InChI is InChI=1S/C20H28N2O4/c1-13(14-5-3-2-4-6-14)21-19(24)11-16-9-10-17(18(12-23)26-16)22-20(25)15-7-8-15/h2-6,13,15-18,23H,7-12H2,1H3,(H,21,24)(H,22,25)/t13-,16+,17-,18+/m0/s1. The molecule has 6 heteroatoms. The van der Waals surface area contributed by atoms with Crippen molar-refractivity contribution in [1.29, 1.82) is 0 Å². The van der Waals surface area contributed by atoms with Gasteiger partial charge in [0.05, 0.1) is 31.2 Å². The van der Waals surface area contributed by atoms with Gasteiger partial charge in [0.15, 0.2) is 0 Å². The van der Waals surface area contributed by atoms with Crippen LogP contribution in [0.3, 0.4) is 0 Å². The summed E-state index contributed by atoms with van der Waals surface area (Å²) in [5.41, 5.74) is 1.06. The average molecular weight is 360 g/mol. The normalized spacial score (nSPS) is 26.8. The summed E-state index contributed by atoms with van der Waals surface area (Å²) in [6.07, 6.45) is 2.89. The number of rotatable bonds is 7. The fourth-order valence-electron chi connectivity index (χ4n) is 3.43. The first-order valence-corrected chi connectivity index (χ1v) is 9.47.